The van der Waals surface area contributed by atoms with Gasteiger partial charge in [0.05, 0.1) is 14.2 Å². The number of aromatic nitrogens is 4. The summed E-state index contributed by atoms with van der Waals surface area (Å²) in [6.45, 7) is 4.62. The summed E-state index contributed by atoms with van der Waals surface area (Å²) in [6.07, 6.45) is 3.44. The Hall–Kier alpha value is -3.54. The monoisotopic (exact) mass is 529 g/mol. The van der Waals surface area contributed by atoms with Crippen LogP contribution in [0.25, 0.3) is 5.69 Å². The second-order valence-electron chi connectivity index (χ2n) is 8.67. The third-order valence-corrected chi connectivity index (χ3v) is 7.59. The van der Waals surface area contributed by atoms with Crippen molar-refractivity contribution >= 4 is 17.7 Å². The molecule has 3 heterocycles. The first-order chi connectivity index (χ1) is 17.9. The summed E-state index contributed by atoms with van der Waals surface area (Å²) in [7, 11) is 3.06. The van der Waals surface area contributed by atoms with Gasteiger partial charge in [0.1, 0.15) is 27.9 Å². The standard InChI is InChI=1S/C25H31N5O6S/c1-5-6-10-19-26-22(31)21(24(32)30(19)20-17(34-3)8-7-9-18(20)35-4)37-16-11-13-29(14-12-16)25(33)23-28-27-15(2)36-23/h7-9,16,31H,5-6,10-14H2,1-4H3. The zero-order chi connectivity index (χ0) is 26.5. The number of carbonyl (C=O) groups is 1. The highest BCUT2D eigenvalue weighted by Crippen LogP contribution is 2.36. The smallest absolute Gasteiger partial charge is 0.311 e. The van der Waals surface area contributed by atoms with Gasteiger partial charge in [0.25, 0.3) is 5.56 Å². The van der Waals surface area contributed by atoms with Gasteiger partial charge in [-0.25, -0.2) is 0 Å². The maximum atomic E-state index is 13.9. The number of carbonyl (C=O) groups excluding carboxylic acids is 1. The van der Waals surface area contributed by atoms with Gasteiger partial charge in [-0.15, -0.1) is 22.0 Å². The van der Waals surface area contributed by atoms with Crippen molar-refractivity contribution in [2.45, 2.75) is 56.1 Å². The molecule has 4 rings (SSSR count). The Labute approximate surface area is 218 Å². The van der Waals surface area contributed by atoms with Crippen molar-refractivity contribution in [1.82, 2.24) is 24.6 Å². The quantitative estimate of drug-likeness (QED) is 0.440. The fourth-order valence-electron chi connectivity index (χ4n) is 4.29. The number of aromatic hydroxyl groups is 1. The van der Waals surface area contributed by atoms with Crippen LogP contribution in [0, 0.1) is 6.92 Å². The molecule has 1 amide bonds. The van der Waals surface area contributed by atoms with Crippen molar-refractivity contribution in [2.75, 3.05) is 27.3 Å². The fraction of sp³-hybridized carbons (Fsp3) is 0.480. The van der Waals surface area contributed by atoms with Gasteiger partial charge in [-0.1, -0.05) is 19.4 Å². The molecule has 12 heteroatoms. The Morgan fingerprint density at radius 3 is 2.43 bits per heavy atom. The highest BCUT2D eigenvalue weighted by atomic mass is 32.2. The summed E-state index contributed by atoms with van der Waals surface area (Å²) in [6, 6.07) is 5.29. The number of unbranched alkanes of at least 4 members (excludes halogenated alkanes) is 1. The molecule has 0 bridgehead atoms. The average Bonchev–Trinajstić information content (AvgIpc) is 3.35. The van der Waals surface area contributed by atoms with Crippen LogP contribution in [0.3, 0.4) is 0 Å². The van der Waals surface area contributed by atoms with Gasteiger partial charge in [0.2, 0.25) is 11.8 Å². The lowest BCUT2D eigenvalue weighted by molar-refractivity contribution is 0.0685. The molecule has 0 atom stereocenters. The van der Waals surface area contributed by atoms with E-state index in [2.05, 4.69) is 15.2 Å². The summed E-state index contributed by atoms with van der Waals surface area (Å²) in [4.78, 5) is 32.8. The number of ether oxygens (including phenoxy) is 2. The molecule has 11 nitrogen and oxygen atoms in total. The zero-order valence-corrected chi connectivity index (χ0v) is 22.2. The third kappa shape index (κ3) is 5.58. The van der Waals surface area contributed by atoms with Gasteiger partial charge in [-0.3, -0.25) is 14.2 Å². The number of amides is 1. The van der Waals surface area contributed by atoms with Crippen molar-refractivity contribution in [1.29, 1.82) is 0 Å². The number of rotatable bonds is 9. The molecule has 0 radical (unpaired) electrons. The Bertz CT molecular complexity index is 1290. The van der Waals surface area contributed by atoms with Crippen LogP contribution in [0.2, 0.25) is 0 Å². The van der Waals surface area contributed by atoms with E-state index in [0.717, 1.165) is 12.8 Å². The maximum absolute atomic E-state index is 13.9. The van der Waals surface area contributed by atoms with Crippen LogP contribution in [0.15, 0.2) is 32.3 Å². The Morgan fingerprint density at radius 2 is 1.86 bits per heavy atom. The van der Waals surface area contributed by atoms with Gasteiger partial charge < -0.3 is 23.9 Å². The Kier molecular flexibility index (Phi) is 8.37. The van der Waals surface area contributed by atoms with Crippen LogP contribution in [0.5, 0.6) is 17.4 Å². The molecule has 2 aromatic heterocycles. The summed E-state index contributed by atoms with van der Waals surface area (Å²) in [5, 5.41) is 18.3. The van der Waals surface area contributed by atoms with Crippen LogP contribution in [-0.2, 0) is 6.42 Å². The largest absolute Gasteiger partial charge is 0.494 e. The molecular weight excluding hydrogens is 498 g/mol. The number of benzene rings is 1. The summed E-state index contributed by atoms with van der Waals surface area (Å²) in [5.74, 6) is 1.08. The third-order valence-electron chi connectivity index (χ3n) is 6.20. The lowest BCUT2D eigenvalue weighted by Gasteiger charge is -2.30. The van der Waals surface area contributed by atoms with Crippen LogP contribution in [0.4, 0.5) is 0 Å². The lowest BCUT2D eigenvalue weighted by Crippen LogP contribution is -2.39. The van der Waals surface area contributed by atoms with Gasteiger partial charge in [0, 0.05) is 31.7 Å². The van der Waals surface area contributed by atoms with Gasteiger partial charge in [0.15, 0.2) is 0 Å². The normalized spacial score (nSPS) is 14.1. The first kappa shape index (κ1) is 26.5. The summed E-state index contributed by atoms with van der Waals surface area (Å²) >= 11 is 1.28. The van der Waals surface area contributed by atoms with Crippen molar-refractivity contribution in [3.8, 4) is 23.1 Å². The molecule has 0 unspecified atom stereocenters. The predicted octanol–water partition coefficient (Wildman–Crippen LogP) is 3.39. The molecule has 1 N–H and O–H groups in total. The van der Waals surface area contributed by atoms with Gasteiger partial charge in [-0.2, -0.15) is 4.98 Å². The van der Waals surface area contributed by atoms with Gasteiger partial charge in [-0.05, 0) is 31.4 Å². The molecule has 0 saturated carbocycles. The average molecular weight is 530 g/mol. The highest BCUT2D eigenvalue weighted by Gasteiger charge is 2.30. The van der Waals surface area contributed by atoms with Crippen LogP contribution < -0.4 is 15.0 Å². The fourth-order valence-corrected chi connectivity index (χ4v) is 5.41. The minimum Gasteiger partial charge on any atom is -0.494 e. The minimum atomic E-state index is -0.383. The number of thioether (sulfide) groups is 1. The Balaban J connectivity index is 1.63. The van der Waals surface area contributed by atoms with E-state index in [1.54, 1.807) is 30.0 Å². The van der Waals surface area contributed by atoms with E-state index >= 15 is 0 Å². The number of aryl methyl sites for hydroxylation is 2. The van der Waals surface area contributed by atoms with Crippen molar-refractivity contribution in [3.05, 3.63) is 46.2 Å². The van der Waals surface area contributed by atoms with Crippen LogP contribution in [-0.4, -0.2) is 68.2 Å². The van der Waals surface area contributed by atoms with E-state index in [4.69, 9.17) is 13.9 Å². The number of hydrogen-bond acceptors (Lipinski definition) is 10. The first-order valence-electron chi connectivity index (χ1n) is 12.2. The number of piperidine rings is 1. The van der Waals surface area contributed by atoms with Crippen LogP contribution in [0.1, 0.15) is 55.0 Å². The molecule has 1 aromatic carbocycles. The number of para-hydroxylation sites is 1. The number of methoxy groups -OCH3 is 2. The number of likely N-dealkylation sites (tertiary alicyclic amines) is 1. The second kappa shape index (κ2) is 11.7. The van der Waals surface area contributed by atoms with E-state index in [0.29, 0.717) is 61.3 Å². The van der Waals surface area contributed by atoms with E-state index in [1.807, 2.05) is 6.92 Å². The minimum absolute atomic E-state index is 0.00313. The molecule has 37 heavy (non-hydrogen) atoms. The van der Waals surface area contributed by atoms with Gasteiger partial charge >= 0.3 is 11.8 Å². The lowest BCUT2D eigenvalue weighted by atomic mass is 10.1. The predicted molar refractivity (Wildman–Crippen MR) is 137 cm³/mol. The van der Waals surface area contributed by atoms with E-state index in [-0.39, 0.29) is 33.4 Å². The summed E-state index contributed by atoms with van der Waals surface area (Å²) in [5.41, 5.74) is 0.0689. The number of hydrogen-bond donors (Lipinski definition) is 1. The van der Waals surface area contributed by atoms with E-state index in [1.165, 1.54) is 30.5 Å². The highest BCUT2D eigenvalue weighted by molar-refractivity contribution is 8.00. The molecule has 3 aromatic rings. The summed E-state index contributed by atoms with van der Waals surface area (Å²) < 4.78 is 17.9. The number of nitrogens with zero attached hydrogens (tertiary/aromatic N) is 5. The molecule has 1 saturated heterocycles. The van der Waals surface area contributed by atoms with Crippen LogP contribution >= 0.6 is 11.8 Å². The second-order valence-corrected chi connectivity index (χ2v) is 9.98. The maximum Gasteiger partial charge on any atom is 0.311 e. The first-order valence-corrected chi connectivity index (χ1v) is 13.1. The van der Waals surface area contributed by atoms with Crippen molar-refractivity contribution < 1.29 is 23.8 Å². The Morgan fingerprint density at radius 1 is 1.19 bits per heavy atom. The molecule has 198 valence electrons. The molecule has 0 aliphatic carbocycles. The topological polar surface area (TPSA) is 133 Å². The molecule has 1 fully saturated rings. The molecule has 0 spiro atoms. The van der Waals surface area contributed by atoms with Crippen molar-refractivity contribution in [2.24, 2.45) is 0 Å². The van der Waals surface area contributed by atoms with E-state index in [9.17, 15) is 14.7 Å². The zero-order valence-electron chi connectivity index (χ0n) is 21.4. The van der Waals surface area contributed by atoms with Crippen molar-refractivity contribution in [3.63, 3.8) is 0 Å². The molecule has 1 aliphatic rings. The molecule has 1 aliphatic heterocycles. The SMILES string of the molecule is CCCCc1nc(O)c(SC2CCN(C(=O)c3nnc(C)o3)CC2)c(=O)n1-c1c(OC)cccc1OC. The van der Waals surface area contributed by atoms with E-state index < -0.39 is 0 Å². The molecular formula is C25H31N5O6S.